The van der Waals surface area contributed by atoms with E-state index in [9.17, 15) is 10.1 Å². The summed E-state index contributed by atoms with van der Waals surface area (Å²) in [4.78, 5) is 17.2. The number of nitrogens with zero attached hydrogens (tertiary/aromatic N) is 4. The first-order valence-corrected chi connectivity index (χ1v) is 8.17. The lowest BCUT2D eigenvalue weighted by molar-refractivity contribution is -0.384. The Morgan fingerprint density at radius 1 is 1.17 bits per heavy atom. The van der Waals surface area contributed by atoms with Gasteiger partial charge < -0.3 is 4.90 Å². The molecule has 118 valence electrons. The SMILES string of the molecule is O=[N+]([O-])c1ccc(N2C(=S)n3ccnc3C23CCCCC3)cc1. The van der Waals surface area contributed by atoms with Crippen molar-refractivity contribution in [3.63, 3.8) is 0 Å². The molecule has 1 aromatic carbocycles. The zero-order chi connectivity index (χ0) is 16.0. The summed E-state index contributed by atoms with van der Waals surface area (Å²) in [5, 5.41) is 11.6. The molecule has 0 amide bonds. The summed E-state index contributed by atoms with van der Waals surface area (Å²) in [5.41, 5.74) is 0.775. The molecule has 1 spiro atoms. The Balaban J connectivity index is 1.81. The quantitative estimate of drug-likeness (QED) is 0.479. The minimum Gasteiger partial charge on any atom is -0.305 e. The molecule has 0 saturated heterocycles. The van der Waals surface area contributed by atoms with Crippen molar-refractivity contribution in [3.8, 4) is 0 Å². The molecule has 1 aromatic heterocycles. The number of fused-ring (bicyclic) bond motifs is 2. The second-order valence-electron chi connectivity index (χ2n) is 6.10. The van der Waals surface area contributed by atoms with Gasteiger partial charge in [0.05, 0.1) is 4.92 Å². The van der Waals surface area contributed by atoms with Gasteiger partial charge in [0, 0.05) is 30.2 Å². The van der Waals surface area contributed by atoms with Crippen molar-refractivity contribution in [2.24, 2.45) is 0 Å². The maximum atomic E-state index is 10.9. The minimum absolute atomic E-state index is 0.0919. The fourth-order valence-electron chi connectivity index (χ4n) is 3.86. The van der Waals surface area contributed by atoms with E-state index in [2.05, 4.69) is 9.88 Å². The van der Waals surface area contributed by atoms with Crippen molar-refractivity contribution in [2.45, 2.75) is 37.6 Å². The number of nitro groups is 1. The molecule has 6 nitrogen and oxygen atoms in total. The average Bonchev–Trinajstić information content (AvgIpc) is 3.13. The summed E-state index contributed by atoms with van der Waals surface area (Å²) in [6, 6.07) is 6.64. The first kappa shape index (κ1) is 14.3. The van der Waals surface area contributed by atoms with Gasteiger partial charge in [-0.25, -0.2) is 4.98 Å². The van der Waals surface area contributed by atoms with E-state index in [0.29, 0.717) is 5.11 Å². The van der Waals surface area contributed by atoms with Gasteiger partial charge in [-0.2, -0.15) is 0 Å². The van der Waals surface area contributed by atoms with Crippen LogP contribution in [0.25, 0.3) is 0 Å². The molecule has 1 saturated carbocycles. The Hall–Kier alpha value is -2.28. The number of aromatic nitrogens is 2. The predicted molar refractivity (Wildman–Crippen MR) is 90.6 cm³/mol. The molecule has 2 aromatic rings. The van der Waals surface area contributed by atoms with Crippen molar-refractivity contribution in [1.29, 1.82) is 0 Å². The number of hydrogen-bond acceptors (Lipinski definition) is 4. The molecule has 23 heavy (non-hydrogen) atoms. The van der Waals surface area contributed by atoms with Crippen LogP contribution in [-0.2, 0) is 5.54 Å². The summed E-state index contributed by atoms with van der Waals surface area (Å²) < 4.78 is 1.97. The fraction of sp³-hybridized carbons (Fsp3) is 0.375. The third-order valence-corrected chi connectivity index (χ3v) is 5.26. The molecule has 0 unspecified atom stereocenters. The number of rotatable bonds is 2. The molecule has 0 N–H and O–H groups in total. The number of thiocarbonyl (C=S) groups is 1. The first-order valence-electron chi connectivity index (χ1n) is 7.76. The highest BCUT2D eigenvalue weighted by molar-refractivity contribution is 7.80. The molecule has 0 radical (unpaired) electrons. The molecule has 4 rings (SSSR count). The van der Waals surface area contributed by atoms with E-state index in [1.807, 2.05) is 10.8 Å². The lowest BCUT2D eigenvalue weighted by Crippen LogP contribution is -2.45. The predicted octanol–water partition coefficient (Wildman–Crippen LogP) is 3.60. The standard InChI is InChI=1S/C16H16N4O2S/c21-20(22)13-6-4-12(5-7-13)19-15(23)18-11-10-17-14(18)16(19)8-2-1-3-9-16/h4-7,10-11H,1-3,8-9H2. The topological polar surface area (TPSA) is 64.2 Å². The second kappa shape index (κ2) is 5.13. The number of non-ortho nitro benzene ring substituents is 1. The van der Waals surface area contributed by atoms with Gasteiger partial charge in [0.15, 0.2) is 5.11 Å². The van der Waals surface area contributed by atoms with Gasteiger partial charge in [0.25, 0.3) is 5.69 Å². The number of hydrogen-bond donors (Lipinski definition) is 0. The van der Waals surface area contributed by atoms with Crippen LogP contribution in [0.15, 0.2) is 36.7 Å². The third-order valence-electron chi connectivity index (χ3n) is 4.88. The Morgan fingerprint density at radius 2 is 1.87 bits per heavy atom. The maximum absolute atomic E-state index is 10.9. The van der Waals surface area contributed by atoms with Gasteiger partial charge in [-0.1, -0.05) is 19.3 Å². The van der Waals surface area contributed by atoms with Crippen LogP contribution in [0.2, 0.25) is 0 Å². The molecular weight excluding hydrogens is 312 g/mol. The Labute approximate surface area is 138 Å². The van der Waals surface area contributed by atoms with E-state index in [4.69, 9.17) is 12.2 Å². The number of anilines is 1. The zero-order valence-corrected chi connectivity index (χ0v) is 13.3. The van der Waals surface area contributed by atoms with Crippen molar-refractivity contribution in [1.82, 2.24) is 9.55 Å². The third kappa shape index (κ3) is 1.99. The Morgan fingerprint density at radius 3 is 2.52 bits per heavy atom. The summed E-state index contributed by atoms with van der Waals surface area (Å²) >= 11 is 5.68. The van der Waals surface area contributed by atoms with Crippen LogP contribution in [0.1, 0.15) is 37.9 Å². The molecule has 2 heterocycles. The maximum Gasteiger partial charge on any atom is 0.269 e. The molecule has 1 fully saturated rings. The highest BCUT2D eigenvalue weighted by Gasteiger charge is 2.50. The summed E-state index contributed by atoms with van der Waals surface area (Å²) in [7, 11) is 0. The van der Waals surface area contributed by atoms with Crippen molar-refractivity contribution >= 4 is 28.7 Å². The van der Waals surface area contributed by atoms with Crippen LogP contribution in [0.3, 0.4) is 0 Å². The lowest BCUT2D eigenvalue weighted by Gasteiger charge is -2.40. The number of nitro benzene ring substituents is 1. The second-order valence-corrected chi connectivity index (χ2v) is 6.47. The van der Waals surface area contributed by atoms with Crippen LogP contribution in [0.5, 0.6) is 0 Å². The Bertz CT molecular complexity index is 778. The molecule has 0 atom stereocenters. The average molecular weight is 328 g/mol. The van der Waals surface area contributed by atoms with E-state index < -0.39 is 0 Å². The van der Waals surface area contributed by atoms with E-state index in [1.165, 1.54) is 18.6 Å². The van der Waals surface area contributed by atoms with Gasteiger partial charge in [0.1, 0.15) is 11.4 Å². The molecule has 1 aliphatic heterocycles. The van der Waals surface area contributed by atoms with Gasteiger partial charge >= 0.3 is 0 Å². The smallest absolute Gasteiger partial charge is 0.269 e. The van der Waals surface area contributed by atoms with E-state index in [0.717, 1.165) is 37.2 Å². The molecule has 1 aliphatic carbocycles. The molecule has 2 aliphatic rings. The largest absolute Gasteiger partial charge is 0.305 e. The van der Waals surface area contributed by atoms with E-state index in [1.54, 1.807) is 18.3 Å². The minimum atomic E-state index is -0.381. The lowest BCUT2D eigenvalue weighted by atomic mass is 9.80. The van der Waals surface area contributed by atoms with Gasteiger partial charge in [-0.15, -0.1) is 0 Å². The zero-order valence-electron chi connectivity index (χ0n) is 12.5. The Kier molecular flexibility index (Phi) is 3.19. The van der Waals surface area contributed by atoms with Gasteiger partial charge in [-0.05, 0) is 37.2 Å². The summed E-state index contributed by atoms with van der Waals surface area (Å²) in [6.07, 6.45) is 9.20. The van der Waals surface area contributed by atoms with Crippen LogP contribution in [0, 0.1) is 10.1 Å². The van der Waals surface area contributed by atoms with Crippen molar-refractivity contribution < 1.29 is 4.92 Å². The van der Waals surface area contributed by atoms with Crippen LogP contribution in [-0.4, -0.2) is 19.6 Å². The number of benzene rings is 1. The van der Waals surface area contributed by atoms with Gasteiger partial charge in [0.2, 0.25) is 0 Å². The van der Waals surface area contributed by atoms with Crippen molar-refractivity contribution in [2.75, 3.05) is 4.90 Å². The van der Waals surface area contributed by atoms with Gasteiger partial charge in [-0.3, -0.25) is 14.7 Å². The van der Waals surface area contributed by atoms with Crippen LogP contribution < -0.4 is 4.90 Å². The molecular formula is C16H16N4O2S. The van der Waals surface area contributed by atoms with E-state index in [-0.39, 0.29) is 16.1 Å². The first-order chi connectivity index (χ1) is 11.1. The number of imidazole rings is 1. The monoisotopic (exact) mass is 328 g/mol. The van der Waals surface area contributed by atoms with Crippen LogP contribution in [0.4, 0.5) is 11.4 Å². The molecule has 7 heteroatoms. The highest BCUT2D eigenvalue weighted by atomic mass is 32.1. The fourth-order valence-corrected chi connectivity index (χ4v) is 4.29. The normalized spacial score (nSPS) is 19.1. The van der Waals surface area contributed by atoms with Crippen LogP contribution >= 0.6 is 12.2 Å². The van der Waals surface area contributed by atoms with Crippen molar-refractivity contribution in [3.05, 3.63) is 52.6 Å². The summed E-state index contributed by atoms with van der Waals surface area (Å²) in [6.45, 7) is 0. The van der Waals surface area contributed by atoms with E-state index >= 15 is 0 Å². The summed E-state index contributed by atoms with van der Waals surface area (Å²) in [5.74, 6) is 1.00. The highest BCUT2D eigenvalue weighted by Crippen LogP contribution is 2.47. The molecule has 0 bridgehead atoms.